The number of halogens is 1. The molecule has 0 radical (unpaired) electrons. The summed E-state index contributed by atoms with van der Waals surface area (Å²) in [5.41, 5.74) is 1.42. The van der Waals surface area contributed by atoms with E-state index in [0.717, 1.165) is 18.7 Å². The summed E-state index contributed by atoms with van der Waals surface area (Å²) >= 11 is 0. The molecule has 1 aliphatic rings. The standard InChI is InChI=1S/C22H31FN4O2/c1-4-16-14-20(26-22(24-2)21(16)23)25-17-8-9-18(28-3)19(15-17)29-13-7-12-27-10-5-6-11-27/h8-9,14-15H,4-7,10-13H2,1-3H3,(H2,24,25,26). The molecule has 3 rings (SSSR count). The summed E-state index contributed by atoms with van der Waals surface area (Å²) in [7, 11) is 3.30. The number of pyridine rings is 1. The van der Waals surface area contributed by atoms with Gasteiger partial charge in [0, 0.05) is 25.3 Å². The summed E-state index contributed by atoms with van der Waals surface area (Å²) in [6, 6.07) is 7.38. The van der Waals surface area contributed by atoms with Crippen LogP contribution < -0.4 is 20.1 Å². The molecule has 1 aromatic carbocycles. The lowest BCUT2D eigenvalue weighted by molar-refractivity contribution is 0.254. The van der Waals surface area contributed by atoms with E-state index in [1.54, 1.807) is 20.2 Å². The van der Waals surface area contributed by atoms with Crippen molar-refractivity contribution in [2.24, 2.45) is 0 Å². The molecule has 0 amide bonds. The van der Waals surface area contributed by atoms with E-state index in [1.165, 1.54) is 25.9 Å². The fraction of sp³-hybridized carbons (Fsp3) is 0.500. The first-order valence-corrected chi connectivity index (χ1v) is 10.3. The predicted octanol–water partition coefficient (Wildman–Crippen LogP) is 4.44. The quantitative estimate of drug-likeness (QED) is 0.573. The number of hydrogen-bond acceptors (Lipinski definition) is 6. The van der Waals surface area contributed by atoms with Gasteiger partial charge >= 0.3 is 0 Å². The summed E-state index contributed by atoms with van der Waals surface area (Å²) in [6.07, 6.45) is 4.17. The van der Waals surface area contributed by atoms with E-state index in [-0.39, 0.29) is 11.6 Å². The molecule has 6 nitrogen and oxygen atoms in total. The van der Waals surface area contributed by atoms with Gasteiger partial charge < -0.3 is 25.0 Å². The maximum Gasteiger partial charge on any atom is 0.168 e. The van der Waals surface area contributed by atoms with Crippen LogP contribution in [0.1, 0.15) is 31.7 Å². The highest BCUT2D eigenvalue weighted by Gasteiger charge is 2.13. The smallest absolute Gasteiger partial charge is 0.168 e. The van der Waals surface area contributed by atoms with Crippen molar-refractivity contribution < 1.29 is 13.9 Å². The molecule has 0 bridgehead atoms. The molecular formula is C22H31FN4O2. The lowest BCUT2D eigenvalue weighted by Gasteiger charge is -2.16. The number of anilines is 3. The van der Waals surface area contributed by atoms with Crippen LogP contribution in [0.2, 0.25) is 0 Å². The van der Waals surface area contributed by atoms with E-state index >= 15 is 0 Å². The summed E-state index contributed by atoms with van der Waals surface area (Å²) in [5.74, 6) is 1.88. The number of aromatic nitrogens is 1. The van der Waals surface area contributed by atoms with Crippen LogP contribution in [0.5, 0.6) is 11.5 Å². The molecule has 2 aromatic rings. The third-order valence-electron chi connectivity index (χ3n) is 5.16. The lowest BCUT2D eigenvalue weighted by Crippen LogP contribution is -2.21. The van der Waals surface area contributed by atoms with Gasteiger partial charge in [-0.3, -0.25) is 0 Å². The maximum absolute atomic E-state index is 14.2. The van der Waals surface area contributed by atoms with E-state index in [4.69, 9.17) is 9.47 Å². The molecule has 0 atom stereocenters. The number of nitrogens with zero attached hydrogens (tertiary/aromatic N) is 2. The second-order valence-electron chi connectivity index (χ2n) is 7.17. The van der Waals surface area contributed by atoms with Crippen molar-refractivity contribution in [2.45, 2.75) is 32.6 Å². The molecule has 0 aliphatic carbocycles. The average Bonchev–Trinajstić information content (AvgIpc) is 3.26. The number of hydrogen-bond donors (Lipinski definition) is 2. The third kappa shape index (κ3) is 5.50. The highest BCUT2D eigenvalue weighted by molar-refractivity contribution is 5.63. The number of methoxy groups -OCH3 is 1. The van der Waals surface area contributed by atoms with Gasteiger partial charge in [0.05, 0.1) is 13.7 Å². The Kier molecular flexibility index (Phi) is 7.52. The fourth-order valence-corrected chi connectivity index (χ4v) is 3.56. The fourth-order valence-electron chi connectivity index (χ4n) is 3.56. The summed E-state index contributed by atoms with van der Waals surface area (Å²) in [5, 5.41) is 6.05. The van der Waals surface area contributed by atoms with Crippen molar-refractivity contribution in [3.05, 3.63) is 35.6 Å². The highest BCUT2D eigenvalue weighted by Crippen LogP contribution is 2.32. The normalized spacial score (nSPS) is 14.1. The van der Waals surface area contributed by atoms with Gasteiger partial charge in [0.2, 0.25) is 0 Å². The van der Waals surface area contributed by atoms with E-state index in [0.29, 0.717) is 35.9 Å². The van der Waals surface area contributed by atoms with E-state index < -0.39 is 0 Å². The molecular weight excluding hydrogens is 371 g/mol. The third-order valence-corrected chi connectivity index (χ3v) is 5.16. The first kappa shape index (κ1) is 21.2. The van der Waals surface area contributed by atoms with Crippen molar-refractivity contribution in [1.82, 2.24) is 9.88 Å². The zero-order chi connectivity index (χ0) is 20.6. The minimum Gasteiger partial charge on any atom is -0.493 e. The minimum atomic E-state index is -0.308. The molecule has 1 saturated heterocycles. The van der Waals surface area contributed by atoms with Gasteiger partial charge in [-0.05, 0) is 62.5 Å². The molecule has 2 N–H and O–H groups in total. The molecule has 1 aromatic heterocycles. The second kappa shape index (κ2) is 10.3. The number of ether oxygens (including phenoxy) is 2. The Morgan fingerprint density at radius 2 is 1.97 bits per heavy atom. The van der Waals surface area contributed by atoms with Crippen molar-refractivity contribution in [2.75, 3.05) is 51.0 Å². The zero-order valence-electron chi connectivity index (χ0n) is 17.6. The Balaban J connectivity index is 1.67. The Labute approximate surface area is 172 Å². The van der Waals surface area contributed by atoms with Gasteiger partial charge in [-0.2, -0.15) is 0 Å². The van der Waals surface area contributed by atoms with Crippen LogP contribution in [-0.4, -0.2) is 50.3 Å². The predicted molar refractivity (Wildman–Crippen MR) is 115 cm³/mol. The average molecular weight is 403 g/mol. The summed E-state index contributed by atoms with van der Waals surface area (Å²) < 4.78 is 25.7. The number of rotatable bonds is 10. The number of nitrogens with one attached hydrogen (secondary N) is 2. The van der Waals surface area contributed by atoms with Gasteiger partial charge in [0.1, 0.15) is 5.82 Å². The van der Waals surface area contributed by atoms with Gasteiger partial charge in [-0.25, -0.2) is 9.37 Å². The number of aryl methyl sites for hydroxylation is 1. The molecule has 0 spiro atoms. The Morgan fingerprint density at radius 1 is 1.17 bits per heavy atom. The zero-order valence-corrected chi connectivity index (χ0v) is 17.6. The van der Waals surface area contributed by atoms with E-state index in [9.17, 15) is 4.39 Å². The van der Waals surface area contributed by atoms with Gasteiger partial charge in [-0.1, -0.05) is 6.92 Å². The number of likely N-dealkylation sites (tertiary alicyclic amines) is 1. The Bertz CT molecular complexity index is 784. The van der Waals surface area contributed by atoms with Crippen LogP contribution in [-0.2, 0) is 6.42 Å². The molecule has 158 valence electrons. The topological polar surface area (TPSA) is 58.6 Å². The maximum atomic E-state index is 14.2. The van der Waals surface area contributed by atoms with Gasteiger partial charge in [-0.15, -0.1) is 0 Å². The molecule has 0 unspecified atom stereocenters. The van der Waals surface area contributed by atoms with Crippen LogP contribution in [0.4, 0.5) is 21.7 Å². The van der Waals surface area contributed by atoms with Crippen molar-refractivity contribution in [1.29, 1.82) is 0 Å². The van der Waals surface area contributed by atoms with Crippen LogP contribution >= 0.6 is 0 Å². The van der Waals surface area contributed by atoms with Crippen LogP contribution in [0.25, 0.3) is 0 Å². The molecule has 1 aliphatic heterocycles. The monoisotopic (exact) mass is 402 g/mol. The molecule has 7 heteroatoms. The van der Waals surface area contributed by atoms with Crippen molar-refractivity contribution >= 4 is 17.3 Å². The first-order valence-electron chi connectivity index (χ1n) is 10.3. The lowest BCUT2D eigenvalue weighted by atomic mass is 10.2. The molecule has 29 heavy (non-hydrogen) atoms. The minimum absolute atomic E-state index is 0.235. The van der Waals surface area contributed by atoms with Gasteiger partial charge in [0.15, 0.2) is 23.1 Å². The van der Waals surface area contributed by atoms with E-state index in [2.05, 4.69) is 20.5 Å². The largest absolute Gasteiger partial charge is 0.493 e. The highest BCUT2D eigenvalue weighted by atomic mass is 19.1. The Morgan fingerprint density at radius 3 is 2.66 bits per heavy atom. The SMILES string of the molecule is CCc1cc(Nc2ccc(OC)c(OCCCN3CCCC3)c2)nc(NC)c1F. The molecule has 2 heterocycles. The Hall–Kier alpha value is -2.54. The summed E-state index contributed by atoms with van der Waals surface area (Å²) in [4.78, 5) is 6.79. The molecule has 1 fully saturated rings. The van der Waals surface area contributed by atoms with Crippen LogP contribution in [0.3, 0.4) is 0 Å². The number of benzene rings is 1. The van der Waals surface area contributed by atoms with Crippen LogP contribution in [0.15, 0.2) is 24.3 Å². The van der Waals surface area contributed by atoms with Crippen LogP contribution in [0, 0.1) is 5.82 Å². The molecule has 0 saturated carbocycles. The first-order chi connectivity index (χ1) is 14.1. The van der Waals surface area contributed by atoms with Crippen molar-refractivity contribution in [3.8, 4) is 11.5 Å². The second-order valence-corrected chi connectivity index (χ2v) is 7.17. The van der Waals surface area contributed by atoms with Crippen molar-refractivity contribution in [3.63, 3.8) is 0 Å². The van der Waals surface area contributed by atoms with E-state index in [1.807, 2.05) is 25.1 Å². The van der Waals surface area contributed by atoms with Gasteiger partial charge in [0.25, 0.3) is 0 Å². The summed E-state index contributed by atoms with van der Waals surface area (Å²) in [6.45, 7) is 6.01.